The van der Waals surface area contributed by atoms with E-state index in [9.17, 15) is 9.59 Å². The molecule has 1 atom stereocenters. The first-order valence-corrected chi connectivity index (χ1v) is 8.91. The van der Waals surface area contributed by atoms with E-state index in [4.69, 9.17) is 9.47 Å². The van der Waals surface area contributed by atoms with Gasteiger partial charge >= 0.3 is 0 Å². The molecular weight excluding hydrogens is 344 g/mol. The number of morpholine rings is 1. The molecule has 1 heterocycles. The van der Waals surface area contributed by atoms with Crippen molar-refractivity contribution in [2.45, 2.75) is 6.04 Å². The molecule has 1 fully saturated rings. The normalized spacial score (nSPS) is 22.0. The number of methoxy groups -OCH3 is 1. The average Bonchev–Trinajstić information content (AvgIpc) is 2.73. The van der Waals surface area contributed by atoms with Gasteiger partial charge in [0.05, 0.1) is 26.0 Å². The van der Waals surface area contributed by atoms with Crippen LogP contribution in [-0.4, -0.2) is 61.6 Å². The number of ether oxygens (including phenoxy) is 2. The summed E-state index contributed by atoms with van der Waals surface area (Å²) in [5.41, 5.74) is 1.77. The van der Waals surface area contributed by atoms with Crippen LogP contribution < -0.4 is 4.74 Å². The third-order valence-corrected chi connectivity index (χ3v) is 4.91. The van der Waals surface area contributed by atoms with E-state index in [1.54, 1.807) is 55.6 Å². The lowest BCUT2D eigenvalue weighted by Crippen LogP contribution is -2.55. The zero-order chi connectivity index (χ0) is 18.8. The van der Waals surface area contributed by atoms with Gasteiger partial charge in [0.25, 0.3) is 0 Å². The smallest absolute Gasteiger partial charge is 0.210 e. The Labute approximate surface area is 157 Å². The fourth-order valence-electron chi connectivity index (χ4n) is 3.51. The molecule has 0 spiro atoms. The number of hydrogen-bond donors (Lipinski definition) is 0. The fraction of sp³-hybridized carbons (Fsp3) is 0.286. The molecule has 2 aliphatic rings. The number of Topliss-reactive ketones (excluding diaryl/α,β-unsaturated/α-hetero) is 2. The molecule has 1 aliphatic heterocycles. The SMILES string of the molecule is COc1ccc(N=C2C(=O)c3ccccc3C(=O)C2N2CCOCC2)cc1. The van der Waals surface area contributed by atoms with Gasteiger partial charge in [0.15, 0.2) is 5.78 Å². The van der Waals surface area contributed by atoms with Crippen molar-refractivity contribution in [3.63, 3.8) is 0 Å². The zero-order valence-corrected chi connectivity index (χ0v) is 15.1. The summed E-state index contributed by atoms with van der Waals surface area (Å²) in [6, 6.07) is 13.4. The van der Waals surface area contributed by atoms with Gasteiger partial charge in [-0.1, -0.05) is 24.3 Å². The van der Waals surface area contributed by atoms with Gasteiger partial charge in [-0.25, -0.2) is 4.99 Å². The number of rotatable bonds is 3. The minimum atomic E-state index is -0.682. The number of hydrogen-bond acceptors (Lipinski definition) is 6. The van der Waals surface area contributed by atoms with Crippen molar-refractivity contribution in [3.05, 3.63) is 59.7 Å². The van der Waals surface area contributed by atoms with Gasteiger partial charge < -0.3 is 9.47 Å². The largest absolute Gasteiger partial charge is 0.497 e. The highest BCUT2D eigenvalue weighted by Gasteiger charge is 2.42. The summed E-state index contributed by atoms with van der Waals surface area (Å²) in [6.07, 6.45) is 0. The second kappa shape index (κ2) is 7.42. The lowest BCUT2D eigenvalue weighted by Gasteiger charge is -2.36. The van der Waals surface area contributed by atoms with Gasteiger partial charge in [-0.05, 0) is 24.3 Å². The lowest BCUT2D eigenvalue weighted by atomic mass is 9.83. The van der Waals surface area contributed by atoms with Crippen molar-refractivity contribution in [1.29, 1.82) is 0 Å². The second-order valence-electron chi connectivity index (χ2n) is 6.48. The predicted octanol–water partition coefficient (Wildman–Crippen LogP) is 2.55. The summed E-state index contributed by atoms with van der Waals surface area (Å²) in [7, 11) is 1.59. The monoisotopic (exact) mass is 364 g/mol. The van der Waals surface area contributed by atoms with Crippen LogP contribution in [0.3, 0.4) is 0 Å². The molecule has 0 bridgehead atoms. The summed E-state index contributed by atoms with van der Waals surface area (Å²) in [4.78, 5) is 33.0. The van der Waals surface area contributed by atoms with Crippen molar-refractivity contribution in [2.24, 2.45) is 4.99 Å². The summed E-state index contributed by atoms with van der Waals surface area (Å²) in [6.45, 7) is 2.26. The molecule has 0 amide bonds. The van der Waals surface area contributed by atoms with Crippen LogP contribution in [0.1, 0.15) is 20.7 Å². The van der Waals surface area contributed by atoms with Gasteiger partial charge in [0.1, 0.15) is 17.5 Å². The maximum Gasteiger partial charge on any atom is 0.210 e. The summed E-state index contributed by atoms with van der Waals surface area (Å²) in [5, 5.41) is 0. The first kappa shape index (κ1) is 17.6. The van der Waals surface area contributed by atoms with Gasteiger partial charge in [0, 0.05) is 24.2 Å². The van der Waals surface area contributed by atoms with Gasteiger partial charge in [-0.15, -0.1) is 0 Å². The number of aliphatic imine (C=N–C) groups is 1. The maximum absolute atomic E-state index is 13.2. The third kappa shape index (κ3) is 3.29. The zero-order valence-electron chi connectivity index (χ0n) is 15.1. The highest BCUT2D eigenvalue weighted by molar-refractivity contribution is 6.55. The van der Waals surface area contributed by atoms with Crippen LogP contribution in [0.15, 0.2) is 53.5 Å². The van der Waals surface area contributed by atoms with Gasteiger partial charge in [0.2, 0.25) is 5.78 Å². The quantitative estimate of drug-likeness (QED) is 0.837. The van der Waals surface area contributed by atoms with Gasteiger partial charge in [-0.2, -0.15) is 0 Å². The molecule has 0 radical (unpaired) electrons. The van der Waals surface area contributed by atoms with Gasteiger partial charge in [-0.3, -0.25) is 14.5 Å². The Bertz CT molecular complexity index is 899. The van der Waals surface area contributed by atoms with Crippen LogP contribution in [0.25, 0.3) is 0 Å². The van der Waals surface area contributed by atoms with E-state index >= 15 is 0 Å². The number of ketones is 2. The molecule has 0 saturated carbocycles. The van der Waals surface area contributed by atoms with Crippen LogP contribution in [0.5, 0.6) is 5.75 Å². The highest BCUT2D eigenvalue weighted by Crippen LogP contribution is 2.27. The number of carbonyl (C=O) groups excluding carboxylic acids is 2. The molecule has 1 saturated heterocycles. The molecular formula is C21H20N2O4. The Balaban J connectivity index is 1.80. The molecule has 4 rings (SSSR count). The van der Waals surface area contributed by atoms with Crippen LogP contribution in [0.2, 0.25) is 0 Å². The number of carbonyl (C=O) groups is 2. The second-order valence-corrected chi connectivity index (χ2v) is 6.48. The van der Waals surface area contributed by atoms with Crippen LogP contribution in [-0.2, 0) is 4.74 Å². The Kier molecular flexibility index (Phi) is 4.83. The van der Waals surface area contributed by atoms with E-state index < -0.39 is 6.04 Å². The molecule has 6 heteroatoms. The number of benzene rings is 2. The molecule has 1 aliphatic carbocycles. The Hall–Kier alpha value is -2.83. The van der Waals surface area contributed by atoms with E-state index in [1.165, 1.54) is 0 Å². The van der Waals surface area contributed by atoms with E-state index in [0.717, 1.165) is 0 Å². The van der Waals surface area contributed by atoms with Crippen molar-refractivity contribution in [1.82, 2.24) is 4.90 Å². The topological polar surface area (TPSA) is 68.2 Å². The fourth-order valence-corrected chi connectivity index (χ4v) is 3.51. The third-order valence-electron chi connectivity index (χ3n) is 4.91. The van der Waals surface area contributed by atoms with Crippen LogP contribution in [0, 0.1) is 0 Å². The van der Waals surface area contributed by atoms with Crippen molar-refractivity contribution in [3.8, 4) is 5.75 Å². The molecule has 1 unspecified atom stereocenters. The first-order chi connectivity index (χ1) is 13.2. The van der Waals surface area contributed by atoms with Crippen molar-refractivity contribution in [2.75, 3.05) is 33.4 Å². The van der Waals surface area contributed by atoms with Crippen LogP contribution in [0.4, 0.5) is 5.69 Å². The number of fused-ring (bicyclic) bond motifs is 1. The maximum atomic E-state index is 13.2. The highest BCUT2D eigenvalue weighted by atomic mass is 16.5. The van der Waals surface area contributed by atoms with E-state index in [1.807, 2.05) is 4.90 Å². The Morgan fingerprint density at radius 2 is 1.67 bits per heavy atom. The molecule has 138 valence electrons. The average molecular weight is 364 g/mol. The molecule has 27 heavy (non-hydrogen) atoms. The standard InChI is InChI=1S/C21H20N2O4/c1-26-15-8-6-14(7-9-15)22-18-19(23-10-12-27-13-11-23)21(25)17-5-3-2-4-16(17)20(18)24/h2-9,19H,10-13H2,1H3. The Morgan fingerprint density at radius 3 is 2.33 bits per heavy atom. The summed E-state index contributed by atoms with van der Waals surface area (Å²) >= 11 is 0. The summed E-state index contributed by atoms with van der Waals surface area (Å²) < 4.78 is 10.6. The first-order valence-electron chi connectivity index (χ1n) is 8.91. The lowest BCUT2D eigenvalue weighted by molar-refractivity contribution is 0.0278. The van der Waals surface area contributed by atoms with E-state index in [0.29, 0.717) is 48.9 Å². The minimum absolute atomic E-state index is 0.0839. The van der Waals surface area contributed by atoms with Crippen molar-refractivity contribution >= 4 is 23.0 Å². The van der Waals surface area contributed by atoms with Crippen molar-refractivity contribution < 1.29 is 19.1 Å². The predicted molar refractivity (Wildman–Crippen MR) is 101 cm³/mol. The number of nitrogens with zero attached hydrogens (tertiary/aromatic N) is 2. The molecule has 2 aromatic carbocycles. The molecule has 2 aromatic rings. The Morgan fingerprint density at radius 1 is 1.00 bits per heavy atom. The van der Waals surface area contributed by atoms with E-state index in [-0.39, 0.29) is 17.3 Å². The molecule has 6 nitrogen and oxygen atoms in total. The molecule has 0 N–H and O–H groups in total. The van der Waals surface area contributed by atoms with E-state index in [2.05, 4.69) is 4.99 Å². The summed E-state index contributed by atoms with van der Waals surface area (Å²) in [5.74, 6) is 0.428. The van der Waals surface area contributed by atoms with Crippen LogP contribution >= 0.6 is 0 Å². The minimum Gasteiger partial charge on any atom is -0.497 e. The molecule has 0 aromatic heterocycles.